The van der Waals surface area contributed by atoms with Crippen molar-refractivity contribution in [2.24, 2.45) is 5.16 Å². The summed E-state index contributed by atoms with van der Waals surface area (Å²) in [5.74, 6) is 0.782. The lowest BCUT2D eigenvalue weighted by atomic mass is 10.2. The highest BCUT2D eigenvalue weighted by atomic mass is 16.5. The number of hydrogen-bond acceptors (Lipinski definition) is 5. The van der Waals surface area contributed by atoms with E-state index in [1.807, 2.05) is 31.2 Å². The van der Waals surface area contributed by atoms with Gasteiger partial charge in [0.15, 0.2) is 0 Å². The van der Waals surface area contributed by atoms with Crippen LogP contribution in [-0.2, 0) is 0 Å². The van der Waals surface area contributed by atoms with E-state index in [4.69, 9.17) is 9.94 Å². The maximum Gasteiger partial charge on any atom is 0.133 e. The van der Waals surface area contributed by atoms with Crippen molar-refractivity contribution in [3.63, 3.8) is 0 Å². The number of benzene rings is 1. The molecule has 2 aromatic rings. The molecule has 18 heavy (non-hydrogen) atoms. The Hall–Kier alpha value is -2.37. The molecule has 94 valence electrons. The van der Waals surface area contributed by atoms with Crippen LogP contribution in [0.15, 0.2) is 29.4 Å². The summed E-state index contributed by atoms with van der Waals surface area (Å²) in [4.78, 5) is 0. The molecule has 0 amide bonds. The van der Waals surface area contributed by atoms with E-state index in [0.29, 0.717) is 11.4 Å². The molecule has 1 aromatic heterocycles. The molecule has 1 heterocycles. The smallest absolute Gasteiger partial charge is 0.133 e. The second-order valence-electron chi connectivity index (χ2n) is 3.82. The molecule has 0 bridgehead atoms. The third-order valence-electron chi connectivity index (χ3n) is 2.70. The molecule has 0 fully saturated rings. The van der Waals surface area contributed by atoms with Crippen LogP contribution in [0.3, 0.4) is 0 Å². The highest BCUT2D eigenvalue weighted by Gasteiger charge is 2.12. The predicted molar refractivity (Wildman–Crippen MR) is 66.6 cm³/mol. The second kappa shape index (κ2) is 4.87. The van der Waals surface area contributed by atoms with Crippen LogP contribution in [0.1, 0.15) is 18.3 Å². The fourth-order valence-corrected chi connectivity index (χ4v) is 1.68. The van der Waals surface area contributed by atoms with Crippen LogP contribution in [0, 0.1) is 6.92 Å². The third kappa shape index (κ3) is 2.04. The van der Waals surface area contributed by atoms with Gasteiger partial charge in [-0.1, -0.05) is 10.4 Å². The minimum Gasteiger partial charge on any atom is -0.497 e. The van der Waals surface area contributed by atoms with Gasteiger partial charge in [0.1, 0.15) is 17.2 Å². The Bertz CT molecular complexity index is 572. The summed E-state index contributed by atoms with van der Waals surface area (Å²) in [6.07, 6.45) is 0. The Labute approximate surface area is 105 Å². The molecule has 0 aliphatic carbocycles. The van der Waals surface area contributed by atoms with Gasteiger partial charge in [0.2, 0.25) is 0 Å². The molecule has 0 saturated heterocycles. The minimum absolute atomic E-state index is 0.437. The first kappa shape index (κ1) is 12.1. The fraction of sp³-hybridized carbons (Fsp3) is 0.250. The molecule has 0 aliphatic rings. The lowest BCUT2D eigenvalue weighted by Gasteiger charge is -2.04. The van der Waals surface area contributed by atoms with Crippen molar-refractivity contribution in [2.75, 3.05) is 7.11 Å². The van der Waals surface area contributed by atoms with Crippen molar-refractivity contribution in [1.82, 2.24) is 15.0 Å². The van der Waals surface area contributed by atoms with Crippen molar-refractivity contribution < 1.29 is 9.94 Å². The maximum atomic E-state index is 8.76. The molecule has 2 rings (SSSR count). The zero-order valence-corrected chi connectivity index (χ0v) is 10.5. The van der Waals surface area contributed by atoms with Gasteiger partial charge in [-0.2, -0.15) is 0 Å². The van der Waals surface area contributed by atoms with Gasteiger partial charge in [0.25, 0.3) is 0 Å². The van der Waals surface area contributed by atoms with Gasteiger partial charge >= 0.3 is 0 Å². The molecule has 0 spiro atoms. The van der Waals surface area contributed by atoms with E-state index in [0.717, 1.165) is 17.1 Å². The first-order valence-corrected chi connectivity index (χ1v) is 5.43. The van der Waals surface area contributed by atoms with Gasteiger partial charge in [-0.3, -0.25) is 0 Å². The molecule has 1 aromatic carbocycles. The zero-order valence-electron chi connectivity index (χ0n) is 10.5. The Morgan fingerprint density at radius 1 is 1.33 bits per heavy atom. The van der Waals surface area contributed by atoms with E-state index >= 15 is 0 Å². The largest absolute Gasteiger partial charge is 0.497 e. The number of nitrogens with zero attached hydrogens (tertiary/aromatic N) is 4. The van der Waals surface area contributed by atoms with Gasteiger partial charge in [-0.15, -0.1) is 5.10 Å². The molecule has 0 atom stereocenters. The van der Waals surface area contributed by atoms with Crippen molar-refractivity contribution in [2.45, 2.75) is 13.8 Å². The Balaban J connectivity index is 2.42. The van der Waals surface area contributed by atoms with E-state index in [1.54, 1.807) is 18.7 Å². The van der Waals surface area contributed by atoms with E-state index in [-0.39, 0.29) is 0 Å². The predicted octanol–water partition coefficient (Wildman–Crippen LogP) is 1.78. The van der Waals surface area contributed by atoms with Gasteiger partial charge in [0.05, 0.1) is 18.5 Å². The molecule has 0 radical (unpaired) electrons. The molecule has 0 saturated carbocycles. The molecule has 6 heteroatoms. The molecule has 1 N–H and O–H groups in total. The number of hydrogen-bond donors (Lipinski definition) is 1. The van der Waals surface area contributed by atoms with Gasteiger partial charge in [0, 0.05) is 0 Å². The summed E-state index contributed by atoms with van der Waals surface area (Å²) in [5.41, 5.74) is 2.70. The lowest BCUT2D eigenvalue weighted by molar-refractivity contribution is 0.319. The summed E-state index contributed by atoms with van der Waals surface area (Å²) >= 11 is 0. The first-order chi connectivity index (χ1) is 8.67. The summed E-state index contributed by atoms with van der Waals surface area (Å²) in [7, 11) is 1.62. The molecule has 0 aliphatic heterocycles. The van der Waals surface area contributed by atoms with E-state index in [9.17, 15) is 0 Å². The Morgan fingerprint density at radius 3 is 2.56 bits per heavy atom. The van der Waals surface area contributed by atoms with Crippen molar-refractivity contribution in [1.29, 1.82) is 0 Å². The van der Waals surface area contributed by atoms with Crippen LogP contribution in [0.4, 0.5) is 0 Å². The van der Waals surface area contributed by atoms with Gasteiger partial charge in [-0.25, -0.2) is 4.68 Å². The monoisotopic (exact) mass is 246 g/mol. The molecule has 6 nitrogen and oxygen atoms in total. The highest BCUT2D eigenvalue weighted by Crippen LogP contribution is 2.16. The summed E-state index contributed by atoms with van der Waals surface area (Å²) < 4.78 is 6.78. The molecular weight excluding hydrogens is 232 g/mol. The molecular formula is C12H14N4O2. The first-order valence-electron chi connectivity index (χ1n) is 5.43. The van der Waals surface area contributed by atoms with Crippen LogP contribution < -0.4 is 4.74 Å². The molecule has 0 unspecified atom stereocenters. The van der Waals surface area contributed by atoms with Crippen molar-refractivity contribution >= 4 is 5.71 Å². The van der Waals surface area contributed by atoms with Crippen LogP contribution in [0.25, 0.3) is 5.69 Å². The standard InChI is InChI=1S/C12H14N4O2/c1-8(14-17)12-9(2)16(15-13-12)10-4-6-11(18-3)7-5-10/h4-7,17H,1-3H3. The summed E-state index contributed by atoms with van der Waals surface area (Å²) in [6, 6.07) is 7.47. The summed E-state index contributed by atoms with van der Waals surface area (Å²) in [5, 5.41) is 19.9. The second-order valence-corrected chi connectivity index (χ2v) is 3.82. The Morgan fingerprint density at radius 2 is 2.00 bits per heavy atom. The lowest BCUT2D eigenvalue weighted by Crippen LogP contribution is -2.01. The maximum absolute atomic E-state index is 8.76. The van der Waals surface area contributed by atoms with E-state index in [2.05, 4.69) is 15.5 Å². The SMILES string of the molecule is COc1ccc(-n2nnc(C(C)=NO)c2C)cc1. The van der Waals surface area contributed by atoms with Crippen LogP contribution in [-0.4, -0.2) is 33.0 Å². The average molecular weight is 246 g/mol. The third-order valence-corrected chi connectivity index (χ3v) is 2.70. The van der Waals surface area contributed by atoms with Crippen LogP contribution >= 0.6 is 0 Å². The van der Waals surface area contributed by atoms with Gasteiger partial charge < -0.3 is 9.94 Å². The van der Waals surface area contributed by atoms with Crippen LogP contribution in [0.5, 0.6) is 5.75 Å². The number of rotatable bonds is 3. The normalized spacial score (nSPS) is 11.6. The zero-order chi connectivity index (χ0) is 13.1. The number of ether oxygens (including phenoxy) is 1. The number of oxime groups is 1. The minimum atomic E-state index is 0.437. The van der Waals surface area contributed by atoms with Crippen molar-refractivity contribution in [3.05, 3.63) is 35.7 Å². The van der Waals surface area contributed by atoms with E-state index < -0.39 is 0 Å². The topological polar surface area (TPSA) is 72.5 Å². The van der Waals surface area contributed by atoms with E-state index in [1.165, 1.54) is 0 Å². The fourth-order valence-electron chi connectivity index (χ4n) is 1.68. The van der Waals surface area contributed by atoms with Crippen LogP contribution in [0.2, 0.25) is 0 Å². The average Bonchev–Trinajstić information content (AvgIpc) is 2.80. The summed E-state index contributed by atoms with van der Waals surface area (Å²) in [6.45, 7) is 3.55. The quantitative estimate of drug-likeness (QED) is 0.509. The highest BCUT2D eigenvalue weighted by molar-refractivity contribution is 5.97. The van der Waals surface area contributed by atoms with Gasteiger partial charge in [-0.05, 0) is 38.1 Å². The Kier molecular flexibility index (Phi) is 3.27. The van der Waals surface area contributed by atoms with Crippen molar-refractivity contribution in [3.8, 4) is 11.4 Å². The number of methoxy groups -OCH3 is 1. The number of aromatic nitrogens is 3.